The van der Waals surface area contributed by atoms with Crippen LogP contribution in [0.4, 0.5) is 0 Å². The molecule has 4 nitrogen and oxygen atoms in total. The molecule has 21 heavy (non-hydrogen) atoms. The van der Waals surface area contributed by atoms with Crippen LogP contribution >= 0.6 is 0 Å². The summed E-state index contributed by atoms with van der Waals surface area (Å²) < 4.78 is 0. The van der Waals surface area contributed by atoms with Crippen LogP contribution in [-0.2, 0) is 11.3 Å². The number of benzene rings is 1. The summed E-state index contributed by atoms with van der Waals surface area (Å²) in [5, 5.41) is 3.01. The predicted octanol–water partition coefficient (Wildman–Crippen LogP) is 1.89. The first-order valence-corrected chi connectivity index (χ1v) is 7.99. The van der Waals surface area contributed by atoms with Gasteiger partial charge in [0.15, 0.2) is 0 Å². The smallest absolute Gasteiger partial charge is 0.234 e. The SMILES string of the molecule is CCN(CC(=O)NCc1ccccc1)C1CCC(N)CC1. The highest BCUT2D eigenvalue weighted by Crippen LogP contribution is 2.21. The minimum Gasteiger partial charge on any atom is -0.351 e. The maximum atomic E-state index is 12.1. The van der Waals surface area contributed by atoms with Crippen LogP contribution in [0.15, 0.2) is 30.3 Å². The lowest BCUT2D eigenvalue weighted by Gasteiger charge is -2.35. The summed E-state index contributed by atoms with van der Waals surface area (Å²) in [6, 6.07) is 10.9. The van der Waals surface area contributed by atoms with Crippen LogP contribution in [0.3, 0.4) is 0 Å². The number of nitrogens with one attached hydrogen (secondary N) is 1. The topological polar surface area (TPSA) is 58.4 Å². The van der Waals surface area contributed by atoms with Gasteiger partial charge in [0.2, 0.25) is 5.91 Å². The molecule has 1 fully saturated rings. The van der Waals surface area contributed by atoms with Gasteiger partial charge in [0, 0.05) is 18.6 Å². The number of likely N-dealkylation sites (N-methyl/N-ethyl adjacent to an activating group) is 1. The molecule has 1 amide bonds. The van der Waals surface area contributed by atoms with E-state index in [9.17, 15) is 4.79 Å². The van der Waals surface area contributed by atoms with E-state index in [0.29, 0.717) is 25.2 Å². The van der Waals surface area contributed by atoms with Gasteiger partial charge < -0.3 is 11.1 Å². The van der Waals surface area contributed by atoms with Gasteiger partial charge in [-0.2, -0.15) is 0 Å². The number of nitrogens with zero attached hydrogens (tertiary/aromatic N) is 1. The fourth-order valence-corrected chi connectivity index (χ4v) is 3.00. The van der Waals surface area contributed by atoms with E-state index in [0.717, 1.165) is 37.8 Å². The van der Waals surface area contributed by atoms with Crippen LogP contribution in [0.2, 0.25) is 0 Å². The van der Waals surface area contributed by atoms with E-state index >= 15 is 0 Å². The third-order valence-corrected chi connectivity index (χ3v) is 4.34. The Morgan fingerprint density at radius 2 is 1.90 bits per heavy atom. The predicted molar refractivity (Wildman–Crippen MR) is 85.8 cm³/mol. The van der Waals surface area contributed by atoms with E-state index in [1.807, 2.05) is 30.3 Å². The molecule has 1 aromatic rings. The highest BCUT2D eigenvalue weighted by Gasteiger charge is 2.24. The van der Waals surface area contributed by atoms with E-state index in [1.54, 1.807) is 0 Å². The molecular weight excluding hydrogens is 262 g/mol. The Kier molecular flexibility index (Phi) is 6.21. The zero-order valence-electron chi connectivity index (χ0n) is 12.9. The largest absolute Gasteiger partial charge is 0.351 e. The Hall–Kier alpha value is -1.39. The Morgan fingerprint density at radius 1 is 1.24 bits per heavy atom. The lowest BCUT2D eigenvalue weighted by atomic mass is 9.91. The van der Waals surface area contributed by atoms with E-state index < -0.39 is 0 Å². The second kappa shape index (κ2) is 8.15. The molecule has 0 spiro atoms. The number of carbonyl (C=O) groups is 1. The quantitative estimate of drug-likeness (QED) is 0.841. The molecule has 0 atom stereocenters. The maximum absolute atomic E-state index is 12.1. The van der Waals surface area contributed by atoms with E-state index in [2.05, 4.69) is 17.1 Å². The van der Waals surface area contributed by atoms with Crippen LogP contribution in [-0.4, -0.2) is 36.0 Å². The molecule has 0 saturated heterocycles. The number of hydrogen-bond acceptors (Lipinski definition) is 3. The zero-order valence-corrected chi connectivity index (χ0v) is 12.9. The van der Waals surface area contributed by atoms with Crippen LogP contribution < -0.4 is 11.1 Å². The Morgan fingerprint density at radius 3 is 2.52 bits per heavy atom. The summed E-state index contributed by atoms with van der Waals surface area (Å²) in [6.45, 7) is 4.13. The van der Waals surface area contributed by atoms with Crippen LogP contribution in [0.5, 0.6) is 0 Å². The van der Waals surface area contributed by atoms with Gasteiger partial charge in [0.05, 0.1) is 6.54 Å². The first-order chi connectivity index (χ1) is 10.2. The molecule has 3 N–H and O–H groups in total. The molecular formula is C17H27N3O. The lowest BCUT2D eigenvalue weighted by molar-refractivity contribution is -0.123. The number of hydrogen-bond donors (Lipinski definition) is 2. The van der Waals surface area contributed by atoms with Crippen molar-refractivity contribution in [2.45, 2.75) is 51.2 Å². The number of carbonyl (C=O) groups excluding carboxylic acids is 1. The van der Waals surface area contributed by atoms with Crippen molar-refractivity contribution in [3.05, 3.63) is 35.9 Å². The molecule has 1 aliphatic rings. The first kappa shape index (κ1) is 16.0. The molecule has 1 aliphatic carbocycles. The summed E-state index contributed by atoms with van der Waals surface area (Å²) in [7, 11) is 0. The van der Waals surface area contributed by atoms with Crippen molar-refractivity contribution in [3.8, 4) is 0 Å². The average molecular weight is 289 g/mol. The third kappa shape index (κ3) is 5.14. The van der Waals surface area contributed by atoms with Gasteiger partial charge in [0.25, 0.3) is 0 Å². The summed E-state index contributed by atoms with van der Waals surface area (Å²) in [4.78, 5) is 14.4. The molecule has 2 rings (SSSR count). The monoisotopic (exact) mass is 289 g/mol. The minimum atomic E-state index is 0.107. The van der Waals surface area contributed by atoms with Gasteiger partial charge in [-0.3, -0.25) is 9.69 Å². The third-order valence-electron chi connectivity index (χ3n) is 4.34. The van der Waals surface area contributed by atoms with Gasteiger partial charge in [-0.05, 0) is 37.8 Å². The van der Waals surface area contributed by atoms with Gasteiger partial charge in [-0.15, -0.1) is 0 Å². The van der Waals surface area contributed by atoms with E-state index in [1.165, 1.54) is 0 Å². The van der Waals surface area contributed by atoms with Crippen LogP contribution in [0.1, 0.15) is 38.2 Å². The normalized spacial score (nSPS) is 22.2. The van der Waals surface area contributed by atoms with Crippen molar-refractivity contribution in [3.63, 3.8) is 0 Å². The van der Waals surface area contributed by atoms with Gasteiger partial charge in [-0.25, -0.2) is 0 Å². The van der Waals surface area contributed by atoms with Crippen molar-refractivity contribution in [2.75, 3.05) is 13.1 Å². The minimum absolute atomic E-state index is 0.107. The molecule has 0 unspecified atom stereocenters. The van der Waals surface area contributed by atoms with Gasteiger partial charge >= 0.3 is 0 Å². The highest BCUT2D eigenvalue weighted by atomic mass is 16.2. The maximum Gasteiger partial charge on any atom is 0.234 e. The molecule has 0 bridgehead atoms. The summed E-state index contributed by atoms with van der Waals surface area (Å²) in [5.41, 5.74) is 7.09. The summed E-state index contributed by atoms with van der Waals surface area (Å²) in [5.74, 6) is 0.107. The second-order valence-corrected chi connectivity index (χ2v) is 5.89. The molecule has 0 aromatic heterocycles. The Bertz CT molecular complexity index is 427. The van der Waals surface area contributed by atoms with Crippen LogP contribution in [0, 0.1) is 0 Å². The first-order valence-electron chi connectivity index (χ1n) is 7.99. The van der Waals surface area contributed by atoms with Crippen molar-refractivity contribution >= 4 is 5.91 Å². The van der Waals surface area contributed by atoms with Crippen molar-refractivity contribution in [1.82, 2.24) is 10.2 Å². The Balaban J connectivity index is 1.77. The summed E-state index contributed by atoms with van der Waals surface area (Å²) in [6.07, 6.45) is 4.38. The van der Waals surface area contributed by atoms with Gasteiger partial charge in [0.1, 0.15) is 0 Å². The van der Waals surface area contributed by atoms with Crippen molar-refractivity contribution < 1.29 is 4.79 Å². The fourth-order valence-electron chi connectivity index (χ4n) is 3.00. The molecule has 1 saturated carbocycles. The molecule has 4 heteroatoms. The van der Waals surface area contributed by atoms with E-state index in [-0.39, 0.29) is 5.91 Å². The van der Waals surface area contributed by atoms with Crippen LogP contribution in [0.25, 0.3) is 0 Å². The highest BCUT2D eigenvalue weighted by molar-refractivity contribution is 5.78. The molecule has 0 aliphatic heterocycles. The van der Waals surface area contributed by atoms with Crippen molar-refractivity contribution in [2.24, 2.45) is 5.73 Å². The van der Waals surface area contributed by atoms with E-state index in [4.69, 9.17) is 5.73 Å². The standard InChI is InChI=1S/C17H27N3O/c1-2-20(16-10-8-15(18)9-11-16)13-17(21)19-12-14-6-4-3-5-7-14/h3-7,15-16H,2,8-13,18H2,1H3,(H,19,21). The number of nitrogens with two attached hydrogens (primary N) is 1. The Labute approximate surface area is 127 Å². The molecule has 116 valence electrons. The number of rotatable bonds is 6. The molecule has 0 heterocycles. The average Bonchev–Trinajstić information content (AvgIpc) is 2.52. The fraction of sp³-hybridized carbons (Fsp3) is 0.588. The van der Waals surface area contributed by atoms with Crippen molar-refractivity contribution in [1.29, 1.82) is 0 Å². The summed E-state index contributed by atoms with van der Waals surface area (Å²) >= 11 is 0. The second-order valence-electron chi connectivity index (χ2n) is 5.89. The number of amides is 1. The van der Waals surface area contributed by atoms with Gasteiger partial charge in [-0.1, -0.05) is 37.3 Å². The zero-order chi connectivity index (χ0) is 15.1. The lowest BCUT2D eigenvalue weighted by Crippen LogP contribution is -2.45. The molecule has 1 aromatic carbocycles. The molecule has 0 radical (unpaired) electrons.